The normalized spacial score (nSPS) is 27.0. The van der Waals surface area contributed by atoms with Gasteiger partial charge in [0.25, 0.3) is 0 Å². The smallest absolute Gasteiger partial charge is 0.0210 e. The van der Waals surface area contributed by atoms with E-state index < -0.39 is 0 Å². The molecular weight excluding hydrogens is 160 g/mol. The Morgan fingerprint density at radius 3 is 2.62 bits per heavy atom. The van der Waals surface area contributed by atoms with Gasteiger partial charge in [-0.25, -0.2) is 0 Å². The van der Waals surface area contributed by atoms with Gasteiger partial charge in [0.1, 0.15) is 0 Å². The van der Waals surface area contributed by atoms with Gasteiger partial charge >= 0.3 is 0 Å². The van der Waals surface area contributed by atoms with Gasteiger partial charge < -0.3 is 10.6 Å². The van der Waals surface area contributed by atoms with Crippen molar-refractivity contribution in [1.82, 2.24) is 10.6 Å². The van der Waals surface area contributed by atoms with Crippen LogP contribution in [0.15, 0.2) is 0 Å². The highest BCUT2D eigenvalue weighted by molar-refractivity contribution is 4.92. The summed E-state index contributed by atoms with van der Waals surface area (Å²) in [7, 11) is 0. The first-order valence-corrected chi connectivity index (χ1v) is 5.48. The second-order valence-corrected chi connectivity index (χ2v) is 5.30. The van der Waals surface area contributed by atoms with Gasteiger partial charge in [0.15, 0.2) is 0 Å². The summed E-state index contributed by atoms with van der Waals surface area (Å²) >= 11 is 0. The van der Waals surface area contributed by atoms with Crippen LogP contribution in [0, 0.1) is 5.92 Å². The van der Waals surface area contributed by atoms with E-state index in [-0.39, 0.29) is 0 Å². The number of nitrogens with one attached hydrogen (secondary N) is 2. The van der Waals surface area contributed by atoms with Crippen molar-refractivity contribution in [3.8, 4) is 0 Å². The molecule has 1 aliphatic heterocycles. The molecule has 0 amide bonds. The number of hydrogen-bond acceptors (Lipinski definition) is 2. The molecule has 0 aliphatic carbocycles. The van der Waals surface area contributed by atoms with Crippen LogP contribution in [-0.2, 0) is 0 Å². The van der Waals surface area contributed by atoms with Gasteiger partial charge in [-0.2, -0.15) is 0 Å². The molecule has 0 bridgehead atoms. The highest BCUT2D eigenvalue weighted by atomic mass is 15.1. The van der Waals surface area contributed by atoms with E-state index in [9.17, 15) is 0 Å². The SMILES string of the molecule is CC(C)CCNC1CNC(C)(C)C1. The van der Waals surface area contributed by atoms with Crippen molar-refractivity contribution in [2.24, 2.45) is 5.92 Å². The maximum Gasteiger partial charge on any atom is 0.0210 e. The van der Waals surface area contributed by atoms with Crippen LogP contribution >= 0.6 is 0 Å². The Kier molecular flexibility index (Phi) is 3.74. The van der Waals surface area contributed by atoms with Gasteiger partial charge in [-0.15, -0.1) is 0 Å². The summed E-state index contributed by atoms with van der Waals surface area (Å²) in [4.78, 5) is 0. The highest BCUT2D eigenvalue weighted by Gasteiger charge is 2.29. The predicted octanol–water partition coefficient (Wildman–Crippen LogP) is 1.76. The fourth-order valence-corrected chi connectivity index (χ4v) is 1.88. The minimum atomic E-state index is 0.343. The van der Waals surface area contributed by atoms with Crippen LogP contribution in [0.4, 0.5) is 0 Å². The lowest BCUT2D eigenvalue weighted by atomic mass is 10.0. The van der Waals surface area contributed by atoms with Crippen LogP contribution in [0.1, 0.15) is 40.5 Å². The molecule has 0 aromatic carbocycles. The Labute approximate surface area is 82.5 Å². The lowest BCUT2D eigenvalue weighted by Crippen LogP contribution is -2.32. The zero-order chi connectivity index (χ0) is 9.90. The largest absolute Gasteiger partial charge is 0.313 e. The highest BCUT2D eigenvalue weighted by Crippen LogP contribution is 2.17. The first-order valence-electron chi connectivity index (χ1n) is 5.48. The second kappa shape index (κ2) is 4.43. The van der Waals surface area contributed by atoms with E-state index >= 15 is 0 Å². The van der Waals surface area contributed by atoms with Crippen LogP contribution in [0.25, 0.3) is 0 Å². The topological polar surface area (TPSA) is 24.1 Å². The lowest BCUT2D eigenvalue weighted by Gasteiger charge is -2.17. The molecule has 2 nitrogen and oxygen atoms in total. The Balaban J connectivity index is 2.11. The van der Waals surface area contributed by atoms with E-state index in [1.807, 2.05) is 0 Å². The molecule has 1 heterocycles. The van der Waals surface area contributed by atoms with Gasteiger partial charge in [-0.05, 0) is 39.2 Å². The van der Waals surface area contributed by atoms with Crippen LogP contribution in [0.2, 0.25) is 0 Å². The summed E-state index contributed by atoms with van der Waals surface area (Å²) in [6, 6.07) is 0.689. The molecule has 78 valence electrons. The molecule has 0 saturated carbocycles. The van der Waals surface area contributed by atoms with Crippen molar-refractivity contribution in [3.63, 3.8) is 0 Å². The fraction of sp³-hybridized carbons (Fsp3) is 1.00. The van der Waals surface area contributed by atoms with E-state index in [2.05, 4.69) is 38.3 Å². The van der Waals surface area contributed by atoms with Gasteiger partial charge in [0, 0.05) is 18.1 Å². The summed E-state index contributed by atoms with van der Waals surface area (Å²) in [6.45, 7) is 11.4. The lowest BCUT2D eigenvalue weighted by molar-refractivity contribution is 0.434. The summed E-state index contributed by atoms with van der Waals surface area (Å²) in [6.07, 6.45) is 2.54. The van der Waals surface area contributed by atoms with Gasteiger partial charge in [0.05, 0.1) is 0 Å². The van der Waals surface area contributed by atoms with Gasteiger partial charge in [0.2, 0.25) is 0 Å². The third-order valence-electron chi connectivity index (χ3n) is 2.74. The van der Waals surface area contributed by atoms with Crippen molar-refractivity contribution >= 4 is 0 Å². The van der Waals surface area contributed by atoms with Gasteiger partial charge in [-0.1, -0.05) is 13.8 Å². The predicted molar refractivity (Wildman–Crippen MR) is 57.9 cm³/mol. The maximum absolute atomic E-state index is 3.61. The molecule has 1 atom stereocenters. The Hall–Kier alpha value is -0.0800. The summed E-state index contributed by atoms with van der Waals surface area (Å²) in [5.41, 5.74) is 0.343. The second-order valence-electron chi connectivity index (χ2n) is 5.30. The van der Waals surface area contributed by atoms with Gasteiger partial charge in [-0.3, -0.25) is 0 Å². The van der Waals surface area contributed by atoms with E-state index in [1.165, 1.54) is 19.4 Å². The maximum atomic E-state index is 3.61. The molecule has 2 N–H and O–H groups in total. The molecule has 0 aromatic rings. The molecule has 1 rings (SSSR count). The number of hydrogen-bond donors (Lipinski definition) is 2. The molecule has 1 aliphatic rings. The first kappa shape index (κ1) is 11.0. The summed E-state index contributed by atoms with van der Waals surface area (Å²) in [5.74, 6) is 0.815. The third kappa shape index (κ3) is 4.10. The monoisotopic (exact) mass is 184 g/mol. The quantitative estimate of drug-likeness (QED) is 0.696. The van der Waals surface area contributed by atoms with E-state index in [4.69, 9.17) is 0 Å². The first-order chi connectivity index (χ1) is 5.99. The standard InChI is InChI=1S/C11H24N2/c1-9(2)5-6-12-10-7-11(3,4)13-8-10/h9-10,12-13H,5-8H2,1-4H3. The molecule has 1 fully saturated rings. The van der Waals surface area contributed by atoms with Crippen LogP contribution in [0.3, 0.4) is 0 Å². The fourth-order valence-electron chi connectivity index (χ4n) is 1.88. The van der Waals surface area contributed by atoms with E-state index in [0.717, 1.165) is 12.5 Å². The van der Waals surface area contributed by atoms with Crippen molar-refractivity contribution in [3.05, 3.63) is 0 Å². The Bertz CT molecular complexity index is 152. The molecule has 1 unspecified atom stereocenters. The Morgan fingerprint density at radius 1 is 1.46 bits per heavy atom. The zero-order valence-corrected chi connectivity index (χ0v) is 9.48. The van der Waals surface area contributed by atoms with E-state index in [0.29, 0.717) is 11.6 Å². The number of rotatable bonds is 4. The van der Waals surface area contributed by atoms with E-state index in [1.54, 1.807) is 0 Å². The average Bonchev–Trinajstić information content (AvgIpc) is 2.29. The van der Waals surface area contributed by atoms with Crippen molar-refractivity contribution in [2.45, 2.75) is 52.1 Å². The minimum Gasteiger partial charge on any atom is -0.313 e. The molecule has 2 heteroatoms. The van der Waals surface area contributed by atoms with Crippen molar-refractivity contribution in [2.75, 3.05) is 13.1 Å². The minimum absolute atomic E-state index is 0.343. The molecule has 1 saturated heterocycles. The molecular formula is C11H24N2. The van der Waals surface area contributed by atoms with Crippen molar-refractivity contribution in [1.29, 1.82) is 0 Å². The van der Waals surface area contributed by atoms with Crippen LogP contribution in [0.5, 0.6) is 0 Å². The van der Waals surface area contributed by atoms with Crippen molar-refractivity contribution < 1.29 is 0 Å². The molecule has 0 aromatic heterocycles. The third-order valence-corrected chi connectivity index (χ3v) is 2.74. The zero-order valence-electron chi connectivity index (χ0n) is 9.48. The molecule has 13 heavy (non-hydrogen) atoms. The van der Waals surface area contributed by atoms with Crippen LogP contribution in [-0.4, -0.2) is 24.7 Å². The molecule has 0 spiro atoms. The summed E-state index contributed by atoms with van der Waals surface area (Å²) in [5, 5.41) is 7.13. The van der Waals surface area contributed by atoms with Crippen LogP contribution < -0.4 is 10.6 Å². The summed E-state index contributed by atoms with van der Waals surface area (Å²) < 4.78 is 0. The molecule has 0 radical (unpaired) electrons. The average molecular weight is 184 g/mol. The Morgan fingerprint density at radius 2 is 2.15 bits per heavy atom.